The molecule has 0 aromatic heterocycles. The first-order chi connectivity index (χ1) is 13.9. The molecule has 0 spiro atoms. The van der Waals surface area contributed by atoms with Crippen LogP contribution in [-0.4, -0.2) is 32.3 Å². The molecule has 0 saturated carbocycles. The lowest BCUT2D eigenvalue weighted by atomic mass is 9.94. The molecule has 1 heterocycles. The number of carbonyl (C=O) groups excluding carboxylic acids is 1. The van der Waals surface area contributed by atoms with Crippen LogP contribution in [-0.2, 0) is 14.8 Å². The first-order valence-corrected chi connectivity index (χ1v) is 10.8. The van der Waals surface area contributed by atoms with Crippen LogP contribution >= 0.6 is 0 Å². The van der Waals surface area contributed by atoms with Gasteiger partial charge < -0.3 is 10.2 Å². The van der Waals surface area contributed by atoms with Crippen molar-refractivity contribution in [3.8, 4) is 6.07 Å². The predicted octanol–water partition coefficient (Wildman–Crippen LogP) is 2.55. The molecule has 29 heavy (non-hydrogen) atoms. The molecule has 1 saturated heterocycles. The van der Waals surface area contributed by atoms with Gasteiger partial charge >= 0.3 is 0 Å². The van der Waals surface area contributed by atoms with Crippen LogP contribution in [0.4, 0.5) is 5.69 Å². The minimum atomic E-state index is -3.76. The third-order valence-electron chi connectivity index (χ3n) is 4.93. The van der Waals surface area contributed by atoms with Crippen LogP contribution < -0.4 is 10.5 Å². The summed E-state index contributed by atoms with van der Waals surface area (Å²) in [4.78, 5) is 14.7. The molecule has 0 unspecified atom stereocenters. The highest BCUT2D eigenvalue weighted by atomic mass is 32.2. The maximum Gasteiger partial charge on any atom is 0.238 e. The highest BCUT2D eigenvalue weighted by molar-refractivity contribution is 7.89. The average Bonchev–Trinajstić information content (AvgIpc) is 2.72. The van der Waals surface area contributed by atoms with E-state index in [2.05, 4.69) is 16.3 Å². The zero-order chi connectivity index (χ0) is 20.9. The number of primary sulfonamides is 1. The number of nitrogens with zero attached hydrogens (tertiary/aromatic N) is 2. The average molecular weight is 410 g/mol. The second-order valence-corrected chi connectivity index (χ2v) is 8.41. The Morgan fingerprint density at radius 1 is 1.10 bits per heavy atom. The third kappa shape index (κ3) is 5.22. The maximum absolute atomic E-state index is 12.6. The van der Waals surface area contributed by atoms with Crippen molar-refractivity contribution >= 4 is 27.3 Å². The zero-order valence-corrected chi connectivity index (χ0v) is 16.6. The number of nitrogens with one attached hydrogen (secondary N) is 1. The van der Waals surface area contributed by atoms with E-state index in [0.29, 0.717) is 31.6 Å². The molecular formula is C21H22N4O3S. The van der Waals surface area contributed by atoms with Crippen LogP contribution in [0.1, 0.15) is 18.4 Å². The molecule has 0 aliphatic carbocycles. The molecule has 3 rings (SSSR count). The van der Waals surface area contributed by atoms with Crippen molar-refractivity contribution in [2.75, 3.05) is 18.4 Å². The quantitative estimate of drug-likeness (QED) is 0.735. The van der Waals surface area contributed by atoms with Crippen molar-refractivity contribution in [2.24, 2.45) is 11.1 Å². The topological polar surface area (TPSA) is 116 Å². The van der Waals surface area contributed by atoms with Crippen molar-refractivity contribution in [1.29, 1.82) is 5.26 Å². The van der Waals surface area contributed by atoms with Gasteiger partial charge in [0, 0.05) is 30.8 Å². The summed E-state index contributed by atoms with van der Waals surface area (Å²) in [5, 5.41) is 17.1. The number of hydrogen-bond acceptors (Lipinski definition) is 5. The molecule has 2 aromatic rings. The SMILES string of the molecule is N#CC=C(c1ccccc1)N1CCC(C(=O)Nc2ccc(S(N)(=O)=O)cc2)CC1. The Labute approximate surface area is 170 Å². The molecular weight excluding hydrogens is 388 g/mol. The summed E-state index contributed by atoms with van der Waals surface area (Å²) in [6, 6.07) is 17.6. The van der Waals surface area contributed by atoms with Gasteiger partial charge in [-0.05, 0) is 42.7 Å². The van der Waals surface area contributed by atoms with Gasteiger partial charge in [0.2, 0.25) is 15.9 Å². The number of anilines is 1. The molecule has 1 fully saturated rings. The smallest absolute Gasteiger partial charge is 0.238 e. The summed E-state index contributed by atoms with van der Waals surface area (Å²) < 4.78 is 22.6. The van der Waals surface area contributed by atoms with E-state index in [9.17, 15) is 13.2 Å². The first-order valence-electron chi connectivity index (χ1n) is 9.22. The monoisotopic (exact) mass is 410 g/mol. The number of benzene rings is 2. The molecule has 1 amide bonds. The fourth-order valence-corrected chi connectivity index (χ4v) is 3.90. The fourth-order valence-electron chi connectivity index (χ4n) is 3.38. The number of hydrogen-bond donors (Lipinski definition) is 2. The van der Waals surface area contributed by atoms with Crippen molar-refractivity contribution in [2.45, 2.75) is 17.7 Å². The van der Waals surface area contributed by atoms with E-state index in [0.717, 1.165) is 11.3 Å². The van der Waals surface area contributed by atoms with Gasteiger partial charge in [-0.25, -0.2) is 13.6 Å². The van der Waals surface area contributed by atoms with Crippen LogP contribution in [0.3, 0.4) is 0 Å². The van der Waals surface area contributed by atoms with E-state index < -0.39 is 10.0 Å². The second-order valence-electron chi connectivity index (χ2n) is 6.84. The predicted molar refractivity (Wildman–Crippen MR) is 111 cm³/mol. The Morgan fingerprint density at radius 3 is 2.28 bits per heavy atom. The number of sulfonamides is 1. The van der Waals surface area contributed by atoms with Crippen molar-refractivity contribution < 1.29 is 13.2 Å². The fraction of sp³-hybridized carbons (Fsp3) is 0.238. The number of piperidine rings is 1. The van der Waals surface area contributed by atoms with E-state index >= 15 is 0 Å². The molecule has 2 aromatic carbocycles. The van der Waals surface area contributed by atoms with Gasteiger partial charge in [-0.15, -0.1) is 0 Å². The third-order valence-corrected chi connectivity index (χ3v) is 5.86. The highest BCUT2D eigenvalue weighted by Crippen LogP contribution is 2.27. The number of allylic oxidation sites excluding steroid dienone is 1. The van der Waals surface area contributed by atoms with E-state index in [4.69, 9.17) is 10.4 Å². The first kappa shape index (κ1) is 20.6. The Bertz CT molecular complexity index is 1030. The Balaban J connectivity index is 1.61. The minimum Gasteiger partial charge on any atom is -0.370 e. The van der Waals surface area contributed by atoms with Crippen molar-refractivity contribution in [3.05, 3.63) is 66.2 Å². The molecule has 0 atom stereocenters. The van der Waals surface area contributed by atoms with Gasteiger partial charge in [-0.3, -0.25) is 4.79 Å². The number of likely N-dealkylation sites (tertiary alicyclic amines) is 1. The lowest BCUT2D eigenvalue weighted by Crippen LogP contribution is -2.37. The number of amides is 1. The van der Waals surface area contributed by atoms with Crippen molar-refractivity contribution in [3.63, 3.8) is 0 Å². The largest absolute Gasteiger partial charge is 0.370 e. The van der Waals surface area contributed by atoms with Crippen LogP contribution in [0.25, 0.3) is 5.70 Å². The number of carbonyl (C=O) groups is 1. The summed E-state index contributed by atoms with van der Waals surface area (Å²) in [5.74, 6) is -0.248. The number of nitriles is 1. The summed E-state index contributed by atoms with van der Waals surface area (Å²) >= 11 is 0. The molecule has 0 radical (unpaired) electrons. The zero-order valence-electron chi connectivity index (χ0n) is 15.8. The molecule has 7 nitrogen and oxygen atoms in total. The van der Waals surface area contributed by atoms with Gasteiger partial charge in [0.25, 0.3) is 0 Å². The van der Waals surface area contributed by atoms with Gasteiger partial charge in [-0.1, -0.05) is 30.3 Å². The van der Waals surface area contributed by atoms with E-state index in [1.165, 1.54) is 24.3 Å². The van der Waals surface area contributed by atoms with Crippen LogP contribution in [0.5, 0.6) is 0 Å². The van der Waals surface area contributed by atoms with Crippen molar-refractivity contribution in [1.82, 2.24) is 4.90 Å². The maximum atomic E-state index is 12.6. The second kappa shape index (κ2) is 8.90. The number of nitrogens with two attached hydrogens (primary N) is 1. The van der Waals surface area contributed by atoms with Crippen LogP contribution in [0.15, 0.2) is 65.6 Å². The van der Waals surface area contributed by atoms with E-state index in [1.54, 1.807) is 6.08 Å². The standard InChI is InChI=1S/C21H22N4O3S/c22-13-10-20(16-4-2-1-3-5-16)25-14-11-17(12-15-25)21(26)24-18-6-8-19(9-7-18)29(23,27)28/h1-10,17H,11-12,14-15H2,(H,24,26)(H2,23,27,28). The summed E-state index contributed by atoms with van der Waals surface area (Å²) in [6.07, 6.45) is 2.87. The van der Waals surface area contributed by atoms with E-state index in [1.807, 2.05) is 30.3 Å². The van der Waals surface area contributed by atoms with Gasteiger partial charge in [0.05, 0.1) is 16.7 Å². The molecule has 1 aliphatic heterocycles. The summed E-state index contributed by atoms with van der Waals surface area (Å²) in [7, 11) is -3.76. The summed E-state index contributed by atoms with van der Waals surface area (Å²) in [5.41, 5.74) is 2.37. The van der Waals surface area contributed by atoms with E-state index in [-0.39, 0.29) is 16.7 Å². The Kier molecular flexibility index (Phi) is 6.32. The minimum absolute atomic E-state index is 0.00142. The number of rotatable bonds is 5. The van der Waals surface area contributed by atoms with Gasteiger partial charge in [-0.2, -0.15) is 5.26 Å². The molecule has 3 N–H and O–H groups in total. The van der Waals surface area contributed by atoms with Crippen LogP contribution in [0.2, 0.25) is 0 Å². The molecule has 0 bridgehead atoms. The lowest BCUT2D eigenvalue weighted by molar-refractivity contribution is -0.121. The molecule has 150 valence electrons. The normalized spacial score (nSPS) is 15.6. The summed E-state index contributed by atoms with van der Waals surface area (Å²) in [6.45, 7) is 1.34. The Morgan fingerprint density at radius 2 is 1.72 bits per heavy atom. The van der Waals surface area contributed by atoms with Gasteiger partial charge in [0.1, 0.15) is 0 Å². The molecule has 8 heteroatoms. The van der Waals surface area contributed by atoms with Crippen LogP contribution in [0, 0.1) is 17.2 Å². The lowest BCUT2D eigenvalue weighted by Gasteiger charge is -2.34. The molecule has 1 aliphatic rings. The highest BCUT2D eigenvalue weighted by Gasteiger charge is 2.26. The van der Waals surface area contributed by atoms with Gasteiger partial charge in [0.15, 0.2) is 0 Å². The Hall–Kier alpha value is -3.15.